The number of hydrogen-bond donors (Lipinski definition) is 0. The highest BCUT2D eigenvalue weighted by atomic mass is 16.6. The minimum absolute atomic E-state index is 0.0904. The summed E-state index contributed by atoms with van der Waals surface area (Å²) in [4.78, 5) is 38.2. The van der Waals surface area contributed by atoms with Crippen molar-refractivity contribution in [1.29, 1.82) is 0 Å². The number of esters is 3. The van der Waals surface area contributed by atoms with Crippen molar-refractivity contribution in [2.75, 3.05) is 13.2 Å². The van der Waals surface area contributed by atoms with Gasteiger partial charge in [0.1, 0.15) is 13.2 Å². The predicted molar refractivity (Wildman–Crippen MR) is 339 cm³/mol. The van der Waals surface area contributed by atoms with Gasteiger partial charge in [-0.3, -0.25) is 14.4 Å². The van der Waals surface area contributed by atoms with E-state index >= 15 is 0 Å². The fourth-order valence-electron chi connectivity index (χ4n) is 8.88. The Morgan fingerprint density at radius 3 is 0.795 bits per heavy atom. The average molecular weight is 1080 g/mol. The summed E-state index contributed by atoms with van der Waals surface area (Å²) in [7, 11) is 0. The Hall–Kier alpha value is -4.19. The third-order valence-corrected chi connectivity index (χ3v) is 13.7. The second-order valence-corrected chi connectivity index (χ2v) is 21.3. The number of allylic oxidation sites excluding steroid dienone is 20. The summed E-state index contributed by atoms with van der Waals surface area (Å²) in [5.41, 5.74) is 0. The molecular weight excluding hydrogens is 961 g/mol. The third kappa shape index (κ3) is 62.7. The van der Waals surface area contributed by atoms with Crippen molar-refractivity contribution in [3.63, 3.8) is 0 Å². The Bertz CT molecular complexity index is 1620. The lowest BCUT2D eigenvalue weighted by atomic mass is 10.0. The lowest BCUT2D eigenvalue weighted by Gasteiger charge is -2.18. The molecule has 6 nitrogen and oxygen atoms in total. The highest BCUT2D eigenvalue weighted by Gasteiger charge is 2.19. The highest BCUT2D eigenvalue weighted by Crippen LogP contribution is 2.16. The van der Waals surface area contributed by atoms with E-state index in [4.69, 9.17) is 14.2 Å². The maximum Gasteiger partial charge on any atom is 0.306 e. The van der Waals surface area contributed by atoms with Crippen molar-refractivity contribution < 1.29 is 28.6 Å². The first-order chi connectivity index (χ1) is 38.5. The maximum atomic E-state index is 12.9. The fraction of sp³-hybridized carbons (Fsp3) is 0.681. The number of ether oxygens (including phenoxy) is 3. The molecule has 1 unspecified atom stereocenters. The summed E-state index contributed by atoms with van der Waals surface area (Å²) >= 11 is 0. The standard InChI is InChI=1S/C72H120O6/c1-4-7-10-13-16-19-22-24-26-28-29-30-31-32-33-34-35-36-37-38-39-40-41-42-43-45-46-48-50-53-56-59-62-65-71(74)77-68-69(67-76-70(73)64-61-58-55-52-21-18-15-12-9-6-3)78-72(75)66-63-60-57-54-51-49-47-44-27-25-23-20-17-14-11-8-5-2/h7-8,10-12,15-17,19-20,24-27,29-30,32-33,47,49,69H,4-6,9,13-14,18,21-23,28,31,34-46,48,50-68H2,1-3H3/b10-7-,11-8-,15-12-,19-16-,20-17-,26-24-,27-25-,30-29-,33-32-,49-47-. The number of rotatable bonds is 58. The van der Waals surface area contributed by atoms with Gasteiger partial charge in [0.2, 0.25) is 0 Å². The molecule has 0 heterocycles. The molecule has 0 aliphatic carbocycles. The van der Waals surface area contributed by atoms with Crippen LogP contribution in [0.3, 0.4) is 0 Å². The zero-order valence-corrected chi connectivity index (χ0v) is 50.9. The molecule has 0 bridgehead atoms. The Morgan fingerprint density at radius 1 is 0.269 bits per heavy atom. The lowest BCUT2D eigenvalue weighted by molar-refractivity contribution is -0.167. The Morgan fingerprint density at radius 2 is 0.500 bits per heavy atom. The minimum atomic E-state index is -0.795. The van der Waals surface area contributed by atoms with Crippen molar-refractivity contribution >= 4 is 17.9 Å². The van der Waals surface area contributed by atoms with E-state index in [1.165, 1.54) is 109 Å². The van der Waals surface area contributed by atoms with Gasteiger partial charge in [-0.15, -0.1) is 0 Å². The molecule has 444 valence electrons. The predicted octanol–water partition coefficient (Wildman–Crippen LogP) is 22.4. The Labute approximate surface area is 482 Å². The topological polar surface area (TPSA) is 78.9 Å². The van der Waals surface area contributed by atoms with Crippen LogP contribution in [-0.4, -0.2) is 37.2 Å². The van der Waals surface area contributed by atoms with Gasteiger partial charge in [0.15, 0.2) is 6.10 Å². The van der Waals surface area contributed by atoms with Gasteiger partial charge in [-0.25, -0.2) is 0 Å². The summed E-state index contributed by atoms with van der Waals surface area (Å²) in [6.07, 6.45) is 90.9. The van der Waals surface area contributed by atoms with Gasteiger partial charge < -0.3 is 14.2 Å². The molecule has 78 heavy (non-hydrogen) atoms. The first-order valence-corrected chi connectivity index (χ1v) is 32.5. The molecule has 0 spiro atoms. The van der Waals surface area contributed by atoms with E-state index in [1.807, 2.05) is 0 Å². The van der Waals surface area contributed by atoms with E-state index in [2.05, 4.69) is 142 Å². The first kappa shape index (κ1) is 73.8. The molecule has 0 fully saturated rings. The van der Waals surface area contributed by atoms with E-state index in [-0.39, 0.29) is 31.1 Å². The summed E-state index contributed by atoms with van der Waals surface area (Å²) in [6, 6.07) is 0. The molecule has 0 aromatic rings. The second kappa shape index (κ2) is 65.3. The molecule has 0 saturated carbocycles. The molecule has 0 aliphatic heterocycles. The monoisotopic (exact) mass is 1080 g/mol. The van der Waals surface area contributed by atoms with E-state index in [0.717, 1.165) is 148 Å². The normalized spacial score (nSPS) is 12.9. The molecule has 0 aromatic heterocycles. The van der Waals surface area contributed by atoms with Crippen LogP contribution in [0.4, 0.5) is 0 Å². The highest BCUT2D eigenvalue weighted by molar-refractivity contribution is 5.71. The van der Waals surface area contributed by atoms with Gasteiger partial charge >= 0.3 is 17.9 Å². The van der Waals surface area contributed by atoms with Gasteiger partial charge in [-0.1, -0.05) is 277 Å². The van der Waals surface area contributed by atoms with Crippen LogP contribution in [0.1, 0.15) is 297 Å². The molecule has 6 heteroatoms. The summed E-state index contributed by atoms with van der Waals surface area (Å²) in [5.74, 6) is -0.921. The van der Waals surface area contributed by atoms with E-state index in [9.17, 15) is 14.4 Å². The first-order valence-electron chi connectivity index (χ1n) is 32.5. The fourth-order valence-corrected chi connectivity index (χ4v) is 8.88. The molecule has 0 rings (SSSR count). The largest absolute Gasteiger partial charge is 0.462 e. The van der Waals surface area contributed by atoms with Gasteiger partial charge in [-0.05, 0) is 122 Å². The Kier molecular flexibility index (Phi) is 61.8. The molecular formula is C72H120O6. The van der Waals surface area contributed by atoms with Gasteiger partial charge in [0, 0.05) is 19.3 Å². The molecule has 0 aliphatic rings. The molecule has 0 N–H and O–H groups in total. The van der Waals surface area contributed by atoms with Gasteiger partial charge in [0.25, 0.3) is 0 Å². The molecule has 0 radical (unpaired) electrons. The molecule has 0 amide bonds. The lowest BCUT2D eigenvalue weighted by Crippen LogP contribution is -2.30. The SMILES string of the molecule is CC/C=C\C/C=C\C/C=C\C/C=C\C/C=C\CCCCCCCCCCCCCCCCCCCC(=O)OCC(COC(=O)CCCCCCC/C=C\CCC)OC(=O)CCCCCC/C=C\C/C=C\C/C=C\C/C=C\CC. The number of unbranched alkanes of at least 4 members (excludes halogenated alkanes) is 27. The van der Waals surface area contributed by atoms with Crippen LogP contribution in [0.15, 0.2) is 122 Å². The molecule has 0 aromatic carbocycles. The van der Waals surface area contributed by atoms with Crippen LogP contribution in [0, 0.1) is 0 Å². The van der Waals surface area contributed by atoms with Crippen LogP contribution in [-0.2, 0) is 28.6 Å². The zero-order chi connectivity index (χ0) is 56.4. The molecule has 0 saturated heterocycles. The van der Waals surface area contributed by atoms with E-state index in [1.54, 1.807) is 0 Å². The summed E-state index contributed by atoms with van der Waals surface area (Å²) in [6.45, 7) is 6.33. The molecule has 1 atom stereocenters. The van der Waals surface area contributed by atoms with E-state index < -0.39 is 6.10 Å². The van der Waals surface area contributed by atoms with Crippen molar-refractivity contribution in [3.8, 4) is 0 Å². The maximum absolute atomic E-state index is 12.9. The Balaban J connectivity index is 4.15. The van der Waals surface area contributed by atoms with Crippen molar-refractivity contribution in [3.05, 3.63) is 122 Å². The van der Waals surface area contributed by atoms with Crippen LogP contribution in [0.2, 0.25) is 0 Å². The quantitative estimate of drug-likeness (QED) is 0.0261. The van der Waals surface area contributed by atoms with Gasteiger partial charge in [-0.2, -0.15) is 0 Å². The van der Waals surface area contributed by atoms with Crippen molar-refractivity contribution in [2.45, 2.75) is 303 Å². The smallest absolute Gasteiger partial charge is 0.306 e. The van der Waals surface area contributed by atoms with Crippen LogP contribution in [0.5, 0.6) is 0 Å². The summed E-state index contributed by atoms with van der Waals surface area (Å²) in [5, 5.41) is 0. The number of carbonyl (C=O) groups excluding carboxylic acids is 3. The number of carbonyl (C=O) groups is 3. The van der Waals surface area contributed by atoms with Crippen LogP contribution >= 0.6 is 0 Å². The van der Waals surface area contributed by atoms with Gasteiger partial charge in [0.05, 0.1) is 0 Å². The van der Waals surface area contributed by atoms with Crippen molar-refractivity contribution in [2.24, 2.45) is 0 Å². The average Bonchev–Trinajstić information content (AvgIpc) is 3.44. The van der Waals surface area contributed by atoms with E-state index in [0.29, 0.717) is 19.3 Å². The van der Waals surface area contributed by atoms with Crippen LogP contribution in [0.25, 0.3) is 0 Å². The second-order valence-electron chi connectivity index (χ2n) is 21.3. The number of hydrogen-bond acceptors (Lipinski definition) is 6. The minimum Gasteiger partial charge on any atom is -0.462 e. The third-order valence-electron chi connectivity index (χ3n) is 13.7. The van der Waals surface area contributed by atoms with Crippen LogP contribution < -0.4 is 0 Å². The van der Waals surface area contributed by atoms with Crippen molar-refractivity contribution in [1.82, 2.24) is 0 Å². The summed E-state index contributed by atoms with van der Waals surface area (Å²) < 4.78 is 16.9. The zero-order valence-electron chi connectivity index (χ0n) is 50.9.